The Hall–Kier alpha value is -3.92. The van der Waals surface area contributed by atoms with Gasteiger partial charge in [-0.05, 0) is 35.4 Å². The van der Waals surface area contributed by atoms with Gasteiger partial charge >= 0.3 is 11.9 Å². The summed E-state index contributed by atoms with van der Waals surface area (Å²) in [6.45, 7) is 0. The number of carbonyl (C=O) groups excluding carboxylic acids is 2. The number of hydrogen-bond donors (Lipinski definition) is 0. The van der Waals surface area contributed by atoms with Crippen molar-refractivity contribution in [3.63, 3.8) is 0 Å². The lowest BCUT2D eigenvalue weighted by atomic mass is 9.97. The SMILES string of the molecule is O=C1OC(=Cc2ccccc2)c2cc3c(cc21)C(=Cc1ccccc1)OC3=O. The van der Waals surface area contributed by atoms with Crippen molar-refractivity contribution < 1.29 is 19.1 Å². The minimum absolute atomic E-state index is 0.429. The zero-order valence-corrected chi connectivity index (χ0v) is 14.7. The lowest BCUT2D eigenvalue weighted by Gasteiger charge is -2.01. The van der Waals surface area contributed by atoms with Gasteiger partial charge < -0.3 is 9.47 Å². The highest BCUT2D eigenvalue weighted by atomic mass is 16.5. The number of carbonyl (C=O) groups is 2. The predicted octanol–water partition coefficient (Wildman–Crippen LogP) is 5.02. The average molecular weight is 366 g/mol. The van der Waals surface area contributed by atoms with Crippen LogP contribution in [-0.4, -0.2) is 11.9 Å². The fourth-order valence-corrected chi connectivity index (χ4v) is 3.38. The van der Waals surface area contributed by atoms with Gasteiger partial charge in [0.2, 0.25) is 0 Å². The van der Waals surface area contributed by atoms with E-state index in [0.717, 1.165) is 11.1 Å². The van der Waals surface area contributed by atoms with Gasteiger partial charge in [0.05, 0.1) is 11.1 Å². The Labute approximate surface area is 161 Å². The Kier molecular flexibility index (Phi) is 3.69. The second-order valence-electron chi connectivity index (χ2n) is 6.56. The normalized spacial score (nSPS) is 17.4. The van der Waals surface area contributed by atoms with Crippen molar-refractivity contribution in [1.29, 1.82) is 0 Å². The van der Waals surface area contributed by atoms with E-state index in [-0.39, 0.29) is 0 Å². The van der Waals surface area contributed by atoms with Crippen molar-refractivity contribution in [2.45, 2.75) is 0 Å². The number of ether oxygens (including phenoxy) is 2. The van der Waals surface area contributed by atoms with Crippen LogP contribution in [-0.2, 0) is 9.47 Å². The van der Waals surface area contributed by atoms with E-state index < -0.39 is 11.9 Å². The van der Waals surface area contributed by atoms with E-state index in [0.29, 0.717) is 33.8 Å². The largest absolute Gasteiger partial charge is 0.422 e. The molecule has 3 aromatic rings. The van der Waals surface area contributed by atoms with E-state index in [1.807, 2.05) is 60.7 Å². The maximum Gasteiger partial charge on any atom is 0.344 e. The quantitative estimate of drug-likeness (QED) is 0.598. The minimum Gasteiger partial charge on any atom is -0.422 e. The third-order valence-electron chi connectivity index (χ3n) is 4.73. The standard InChI is InChI=1S/C24H14O4/c25-23-19-14-18-20(24(26)28-22(18)12-16-9-5-2-6-10-16)13-17(19)21(27-23)11-15-7-3-1-4-8-15/h1-14H. The maximum absolute atomic E-state index is 12.4. The Morgan fingerprint density at radius 1 is 0.536 bits per heavy atom. The van der Waals surface area contributed by atoms with Crippen LogP contribution in [0.25, 0.3) is 23.7 Å². The molecule has 0 aromatic heterocycles. The van der Waals surface area contributed by atoms with Crippen LogP contribution in [0.2, 0.25) is 0 Å². The molecule has 134 valence electrons. The van der Waals surface area contributed by atoms with Crippen LogP contribution < -0.4 is 0 Å². The highest BCUT2D eigenvalue weighted by molar-refractivity contribution is 6.12. The van der Waals surface area contributed by atoms with Gasteiger partial charge in [-0.1, -0.05) is 60.7 Å². The van der Waals surface area contributed by atoms with Crippen molar-refractivity contribution in [2.24, 2.45) is 0 Å². The Bertz CT molecular complexity index is 1080. The van der Waals surface area contributed by atoms with Crippen LogP contribution in [0.5, 0.6) is 0 Å². The summed E-state index contributed by atoms with van der Waals surface area (Å²) in [4.78, 5) is 24.8. The summed E-state index contributed by atoms with van der Waals surface area (Å²) in [5.41, 5.74) is 3.88. The maximum atomic E-state index is 12.4. The molecule has 0 saturated heterocycles. The molecular formula is C24H14O4. The van der Waals surface area contributed by atoms with Crippen LogP contribution >= 0.6 is 0 Å². The molecule has 0 atom stereocenters. The van der Waals surface area contributed by atoms with Gasteiger partial charge in [-0.2, -0.15) is 0 Å². The Balaban J connectivity index is 1.62. The molecule has 5 rings (SSSR count). The molecule has 4 heteroatoms. The molecule has 0 saturated carbocycles. The molecule has 28 heavy (non-hydrogen) atoms. The van der Waals surface area contributed by atoms with Gasteiger partial charge in [0, 0.05) is 11.1 Å². The van der Waals surface area contributed by atoms with Crippen LogP contribution in [0.15, 0.2) is 72.8 Å². The first-order valence-corrected chi connectivity index (χ1v) is 8.86. The predicted molar refractivity (Wildman–Crippen MR) is 106 cm³/mol. The molecular weight excluding hydrogens is 352 g/mol. The number of hydrogen-bond acceptors (Lipinski definition) is 4. The van der Waals surface area contributed by atoms with Crippen LogP contribution in [0.3, 0.4) is 0 Å². The molecule has 0 N–H and O–H groups in total. The summed E-state index contributed by atoms with van der Waals surface area (Å²) >= 11 is 0. The zero-order chi connectivity index (χ0) is 19.1. The molecule has 0 radical (unpaired) electrons. The van der Waals surface area contributed by atoms with Crippen molar-refractivity contribution in [3.05, 3.63) is 106 Å². The van der Waals surface area contributed by atoms with E-state index in [1.165, 1.54) is 0 Å². The number of cyclic esters (lactones) is 2. The zero-order valence-electron chi connectivity index (χ0n) is 14.7. The first-order valence-electron chi connectivity index (χ1n) is 8.86. The van der Waals surface area contributed by atoms with Gasteiger partial charge in [-0.15, -0.1) is 0 Å². The summed E-state index contributed by atoms with van der Waals surface area (Å²) in [7, 11) is 0. The van der Waals surface area contributed by atoms with Crippen molar-refractivity contribution >= 4 is 35.6 Å². The second-order valence-corrected chi connectivity index (χ2v) is 6.56. The number of rotatable bonds is 2. The summed E-state index contributed by atoms with van der Waals surface area (Å²) in [5.74, 6) is 0.00126. The molecule has 0 unspecified atom stereocenters. The van der Waals surface area contributed by atoms with Gasteiger partial charge in [0.1, 0.15) is 11.5 Å². The van der Waals surface area contributed by atoms with Crippen LogP contribution in [0, 0.1) is 0 Å². The van der Waals surface area contributed by atoms with Crippen LogP contribution in [0.4, 0.5) is 0 Å². The smallest absolute Gasteiger partial charge is 0.344 e. The second kappa shape index (κ2) is 6.35. The van der Waals surface area contributed by atoms with Crippen molar-refractivity contribution in [2.75, 3.05) is 0 Å². The van der Waals surface area contributed by atoms with E-state index in [9.17, 15) is 9.59 Å². The van der Waals surface area contributed by atoms with Gasteiger partial charge in [-0.3, -0.25) is 0 Å². The van der Waals surface area contributed by atoms with Gasteiger partial charge in [-0.25, -0.2) is 9.59 Å². The number of fused-ring (bicyclic) bond motifs is 2. The topological polar surface area (TPSA) is 52.6 Å². The molecule has 0 amide bonds. The molecule has 3 aromatic carbocycles. The third-order valence-corrected chi connectivity index (χ3v) is 4.73. The summed E-state index contributed by atoms with van der Waals surface area (Å²) in [5, 5.41) is 0. The Morgan fingerprint density at radius 3 is 1.32 bits per heavy atom. The minimum atomic E-state index is -0.432. The molecule has 2 aliphatic rings. The monoisotopic (exact) mass is 366 g/mol. The van der Waals surface area contributed by atoms with E-state index >= 15 is 0 Å². The number of esters is 2. The lowest BCUT2D eigenvalue weighted by Crippen LogP contribution is -1.97. The lowest BCUT2D eigenvalue weighted by molar-refractivity contribution is 0.0708. The molecule has 2 heterocycles. The highest BCUT2D eigenvalue weighted by Crippen LogP contribution is 2.39. The van der Waals surface area contributed by atoms with Crippen molar-refractivity contribution in [3.8, 4) is 0 Å². The highest BCUT2D eigenvalue weighted by Gasteiger charge is 2.34. The summed E-state index contributed by atoms with van der Waals surface area (Å²) in [6.07, 6.45) is 3.58. The molecule has 0 aliphatic carbocycles. The first kappa shape index (κ1) is 16.3. The van der Waals surface area contributed by atoms with E-state index in [2.05, 4.69) is 0 Å². The fraction of sp³-hybridized carbons (Fsp3) is 0. The third kappa shape index (κ3) is 2.72. The summed E-state index contributed by atoms with van der Waals surface area (Å²) < 4.78 is 10.9. The van der Waals surface area contributed by atoms with Gasteiger partial charge in [0.15, 0.2) is 0 Å². The molecule has 0 spiro atoms. The first-order chi connectivity index (χ1) is 13.7. The summed E-state index contributed by atoms with van der Waals surface area (Å²) in [6, 6.07) is 22.5. The van der Waals surface area contributed by atoms with E-state index in [1.54, 1.807) is 24.3 Å². The van der Waals surface area contributed by atoms with E-state index in [4.69, 9.17) is 9.47 Å². The number of benzene rings is 3. The average Bonchev–Trinajstić information content (AvgIpc) is 3.19. The van der Waals surface area contributed by atoms with Crippen LogP contribution in [0.1, 0.15) is 43.0 Å². The molecule has 0 bridgehead atoms. The fourth-order valence-electron chi connectivity index (χ4n) is 3.38. The molecule has 2 aliphatic heterocycles. The molecule has 0 fully saturated rings. The van der Waals surface area contributed by atoms with Crippen molar-refractivity contribution in [1.82, 2.24) is 0 Å². The molecule has 4 nitrogen and oxygen atoms in total. The van der Waals surface area contributed by atoms with Gasteiger partial charge in [0.25, 0.3) is 0 Å². The Morgan fingerprint density at radius 2 is 0.929 bits per heavy atom.